The normalized spacial score (nSPS) is 15.7. The lowest BCUT2D eigenvalue weighted by molar-refractivity contribution is -0.123. The Kier molecular flexibility index (Phi) is 7.90. The van der Waals surface area contributed by atoms with Crippen molar-refractivity contribution in [2.24, 2.45) is 5.92 Å². The van der Waals surface area contributed by atoms with Crippen LogP contribution in [0.15, 0.2) is 47.4 Å². The molecule has 0 aliphatic carbocycles. The van der Waals surface area contributed by atoms with Gasteiger partial charge < -0.3 is 4.90 Å². The first kappa shape index (κ1) is 25.8. The lowest BCUT2D eigenvalue weighted by atomic mass is 9.96. The van der Waals surface area contributed by atoms with E-state index in [9.17, 15) is 13.2 Å². The highest BCUT2D eigenvalue weighted by atomic mass is 32.2. The molecule has 2 heterocycles. The molecule has 1 saturated heterocycles. The van der Waals surface area contributed by atoms with Gasteiger partial charge in [0.25, 0.3) is 0 Å². The first-order valence-electron chi connectivity index (χ1n) is 12.1. The van der Waals surface area contributed by atoms with Gasteiger partial charge in [0.2, 0.25) is 15.9 Å². The zero-order valence-corrected chi connectivity index (χ0v) is 22.5. The van der Waals surface area contributed by atoms with Gasteiger partial charge in [0.15, 0.2) is 5.13 Å². The average Bonchev–Trinajstić information content (AvgIpc) is 3.27. The van der Waals surface area contributed by atoms with E-state index in [4.69, 9.17) is 4.98 Å². The Labute approximate surface area is 212 Å². The van der Waals surface area contributed by atoms with Crippen LogP contribution in [0.25, 0.3) is 10.2 Å². The summed E-state index contributed by atoms with van der Waals surface area (Å²) in [5.41, 5.74) is 3.18. The summed E-state index contributed by atoms with van der Waals surface area (Å²) >= 11 is 1.55. The van der Waals surface area contributed by atoms with Gasteiger partial charge in [0.1, 0.15) is 0 Å². The lowest BCUT2D eigenvalue weighted by Crippen LogP contribution is -2.46. The van der Waals surface area contributed by atoms with Gasteiger partial charge in [-0.2, -0.15) is 4.31 Å². The van der Waals surface area contributed by atoms with Crippen LogP contribution in [0.2, 0.25) is 0 Å². The van der Waals surface area contributed by atoms with Crippen molar-refractivity contribution in [2.45, 2.75) is 38.0 Å². The van der Waals surface area contributed by atoms with E-state index in [-0.39, 0.29) is 11.8 Å². The smallest absolute Gasteiger partial charge is 0.243 e. The number of thiazole rings is 1. The molecule has 0 bridgehead atoms. The first-order chi connectivity index (χ1) is 16.7. The van der Waals surface area contributed by atoms with E-state index in [0.717, 1.165) is 33.9 Å². The van der Waals surface area contributed by atoms with Crippen molar-refractivity contribution in [3.63, 3.8) is 0 Å². The maximum atomic E-state index is 13.7. The first-order valence-corrected chi connectivity index (χ1v) is 14.4. The number of sulfonamides is 1. The highest BCUT2D eigenvalue weighted by Gasteiger charge is 2.35. The highest BCUT2D eigenvalue weighted by molar-refractivity contribution is 7.89. The predicted octanol–water partition coefficient (Wildman–Crippen LogP) is 4.16. The number of carbonyl (C=O) groups excluding carboxylic acids is 1. The summed E-state index contributed by atoms with van der Waals surface area (Å²) in [5.74, 6) is -0.186. The number of piperidine rings is 1. The molecule has 1 amide bonds. The molecule has 4 rings (SSSR count). The van der Waals surface area contributed by atoms with Gasteiger partial charge in [0, 0.05) is 32.1 Å². The number of benzene rings is 2. The Hall–Kier alpha value is -2.33. The molecule has 1 aliphatic heterocycles. The number of rotatable bonds is 8. The fourth-order valence-electron chi connectivity index (χ4n) is 4.32. The number of hydrogen-bond acceptors (Lipinski definition) is 6. The van der Waals surface area contributed by atoms with E-state index >= 15 is 0 Å². The Morgan fingerprint density at radius 3 is 2.40 bits per heavy atom. The van der Waals surface area contributed by atoms with Crippen molar-refractivity contribution < 1.29 is 13.2 Å². The van der Waals surface area contributed by atoms with Gasteiger partial charge >= 0.3 is 0 Å². The number of aromatic nitrogens is 1. The molecule has 188 valence electrons. The summed E-state index contributed by atoms with van der Waals surface area (Å²) in [5, 5.41) is 0.717. The van der Waals surface area contributed by atoms with Crippen LogP contribution in [0.3, 0.4) is 0 Å². The van der Waals surface area contributed by atoms with Crippen LogP contribution in [-0.4, -0.2) is 68.8 Å². The van der Waals surface area contributed by atoms with Crippen LogP contribution in [-0.2, 0) is 21.2 Å². The summed E-state index contributed by atoms with van der Waals surface area (Å²) in [4.78, 5) is 22.6. The Morgan fingerprint density at radius 1 is 1.09 bits per heavy atom. The monoisotopic (exact) mass is 514 g/mol. The summed E-state index contributed by atoms with van der Waals surface area (Å²) < 4.78 is 28.7. The third kappa shape index (κ3) is 5.74. The van der Waals surface area contributed by atoms with Crippen LogP contribution in [0.4, 0.5) is 5.13 Å². The number of likely N-dealkylation sites (N-methyl/N-ethyl adjacent to an activating group) is 1. The van der Waals surface area contributed by atoms with Crippen LogP contribution in [0, 0.1) is 12.8 Å². The topological polar surface area (TPSA) is 73.8 Å². The number of hydrogen-bond donors (Lipinski definition) is 0. The predicted molar refractivity (Wildman–Crippen MR) is 143 cm³/mol. The van der Waals surface area contributed by atoms with E-state index in [1.807, 2.05) is 44.1 Å². The number of aryl methyl sites for hydroxylation is 2. The molecule has 1 aromatic heterocycles. The van der Waals surface area contributed by atoms with Crippen LogP contribution >= 0.6 is 11.3 Å². The molecule has 0 saturated carbocycles. The summed E-state index contributed by atoms with van der Waals surface area (Å²) in [7, 11) is 0.424. The van der Waals surface area contributed by atoms with Crippen molar-refractivity contribution in [1.29, 1.82) is 0 Å². The minimum Gasteiger partial charge on any atom is -0.308 e. The number of anilines is 1. The molecule has 0 N–H and O–H groups in total. The molecule has 0 unspecified atom stereocenters. The molecular formula is C26H34N4O3S2. The number of fused-ring (bicyclic) bond motifs is 1. The number of amides is 1. The van der Waals surface area contributed by atoms with E-state index in [0.29, 0.717) is 37.4 Å². The maximum absolute atomic E-state index is 13.7. The van der Waals surface area contributed by atoms with E-state index in [2.05, 4.69) is 24.0 Å². The van der Waals surface area contributed by atoms with Gasteiger partial charge in [-0.05, 0) is 70.1 Å². The zero-order valence-electron chi connectivity index (χ0n) is 20.9. The maximum Gasteiger partial charge on any atom is 0.243 e. The molecule has 0 spiro atoms. The van der Waals surface area contributed by atoms with Gasteiger partial charge in [0.05, 0.1) is 15.1 Å². The molecule has 1 aliphatic rings. The summed E-state index contributed by atoms with van der Waals surface area (Å²) in [6.07, 6.45) is 1.97. The van der Waals surface area contributed by atoms with Crippen LogP contribution in [0.5, 0.6) is 0 Å². The molecule has 3 aromatic rings. The van der Waals surface area contributed by atoms with E-state index in [1.54, 1.807) is 23.5 Å². The second-order valence-electron chi connectivity index (χ2n) is 9.44. The van der Waals surface area contributed by atoms with Crippen molar-refractivity contribution in [3.8, 4) is 0 Å². The van der Waals surface area contributed by atoms with Gasteiger partial charge in [-0.25, -0.2) is 13.4 Å². The standard InChI is InChI=1S/C26H34N4O3S2/c1-5-20-8-11-23-24(18-20)34-26(27-23)30(17-16-28(3)4)25(31)21-12-14-29(15-13-21)35(32,33)22-9-6-19(2)7-10-22/h6-11,18,21H,5,12-17H2,1-4H3. The second-order valence-corrected chi connectivity index (χ2v) is 12.4. The van der Waals surface area contributed by atoms with Crippen molar-refractivity contribution in [1.82, 2.24) is 14.2 Å². The minimum atomic E-state index is -3.55. The number of carbonyl (C=O) groups is 1. The molecule has 1 fully saturated rings. The molecule has 9 heteroatoms. The molecule has 0 radical (unpaired) electrons. The van der Waals surface area contributed by atoms with Gasteiger partial charge in [-0.1, -0.05) is 42.0 Å². The Balaban J connectivity index is 1.51. The fourth-order valence-corrected chi connectivity index (χ4v) is 6.85. The third-order valence-corrected chi connectivity index (χ3v) is 9.53. The number of nitrogens with zero attached hydrogens (tertiary/aromatic N) is 4. The van der Waals surface area contributed by atoms with Crippen molar-refractivity contribution in [2.75, 3.05) is 45.2 Å². The quantitative estimate of drug-likeness (QED) is 0.451. The Morgan fingerprint density at radius 2 is 1.77 bits per heavy atom. The second kappa shape index (κ2) is 10.7. The van der Waals surface area contributed by atoms with Gasteiger partial charge in [-0.3, -0.25) is 9.69 Å². The highest BCUT2D eigenvalue weighted by Crippen LogP contribution is 2.32. The SMILES string of the molecule is CCc1ccc2nc(N(CCN(C)C)C(=O)C3CCN(S(=O)(=O)c4ccc(C)cc4)CC3)sc2c1. The van der Waals surface area contributed by atoms with Crippen LogP contribution < -0.4 is 4.90 Å². The molecule has 2 aromatic carbocycles. The van der Waals surface area contributed by atoms with Crippen molar-refractivity contribution >= 4 is 42.6 Å². The summed E-state index contributed by atoms with van der Waals surface area (Å²) in [6.45, 7) is 6.02. The van der Waals surface area contributed by atoms with Gasteiger partial charge in [-0.15, -0.1) is 0 Å². The minimum absolute atomic E-state index is 0.0361. The lowest BCUT2D eigenvalue weighted by Gasteiger charge is -2.33. The molecule has 7 nitrogen and oxygen atoms in total. The average molecular weight is 515 g/mol. The molecule has 35 heavy (non-hydrogen) atoms. The third-order valence-electron chi connectivity index (χ3n) is 6.58. The summed E-state index contributed by atoms with van der Waals surface area (Å²) in [6, 6.07) is 13.2. The van der Waals surface area contributed by atoms with Crippen LogP contribution in [0.1, 0.15) is 30.9 Å². The zero-order chi connectivity index (χ0) is 25.2. The molecular weight excluding hydrogens is 480 g/mol. The van der Waals surface area contributed by atoms with Crippen molar-refractivity contribution in [3.05, 3.63) is 53.6 Å². The van der Waals surface area contributed by atoms with E-state index in [1.165, 1.54) is 9.87 Å². The molecule has 0 atom stereocenters. The largest absolute Gasteiger partial charge is 0.308 e. The fraction of sp³-hybridized carbons (Fsp3) is 0.462. The van der Waals surface area contributed by atoms with E-state index < -0.39 is 10.0 Å². The Bertz CT molecular complexity index is 1280.